The summed E-state index contributed by atoms with van der Waals surface area (Å²) in [5.74, 6) is 1.71. The van der Waals surface area contributed by atoms with Crippen LogP contribution in [-0.2, 0) is 12.8 Å². The van der Waals surface area contributed by atoms with E-state index < -0.39 is 0 Å². The quantitative estimate of drug-likeness (QED) is 0.278. The van der Waals surface area contributed by atoms with Gasteiger partial charge in [0, 0.05) is 17.1 Å². The molecule has 2 saturated carbocycles. The number of benzene rings is 3. The van der Waals surface area contributed by atoms with E-state index in [9.17, 15) is 0 Å². The van der Waals surface area contributed by atoms with Crippen molar-refractivity contribution in [3.63, 3.8) is 0 Å². The van der Waals surface area contributed by atoms with Crippen LogP contribution in [0.2, 0.25) is 0 Å². The fourth-order valence-corrected chi connectivity index (χ4v) is 6.75. The van der Waals surface area contributed by atoms with Gasteiger partial charge in [0.15, 0.2) is 0 Å². The van der Waals surface area contributed by atoms with Gasteiger partial charge in [-0.05, 0) is 70.2 Å². The number of rotatable bonds is 5. The Morgan fingerprint density at radius 1 is 0.588 bits per heavy atom. The second-order valence-corrected chi connectivity index (χ2v) is 11.0. The fourth-order valence-electron chi connectivity index (χ4n) is 6.75. The van der Waals surface area contributed by atoms with Crippen LogP contribution >= 0.6 is 0 Å². The van der Waals surface area contributed by atoms with E-state index in [-0.39, 0.29) is 0 Å². The van der Waals surface area contributed by atoms with Gasteiger partial charge < -0.3 is 0 Å². The van der Waals surface area contributed by atoms with E-state index >= 15 is 0 Å². The third-order valence-corrected chi connectivity index (χ3v) is 8.49. The third kappa shape index (κ3) is 4.63. The smallest absolute Gasteiger partial charge is 0.0780 e. The minimum absolute atomic E-state index is 0.857. The van der Waals surface area contributed by atoms with E-state index in [0.717, 1.165) is 17.5 Å². The van der Waals surface area contributed by atoms with Crippen LogP contribution in [0.3, 0.4) is 0 Å². The van der Waals surface area contributed by atoms with E-state index in [1.165, 1.54) is 115 Å². The van der Waals surface area contributed by atoms with Crippen LogP contribution in [-0.4, -0.2) is 4.98 Å². The highest BCUT2D eigenvalue weighted by Gasteiger charge is 2.18. The summed E-state index contributed by atoms with van der Waals surface area (Å²) in [6.45, 7) is 0. The first-order valence-corrected chi connectivity index (χ1v) is 13.7. The molecule has 0 unspecified atom stereocenters. The van der Waals surface area contributed by atoms with Crippen molar-refractivity contribution in [1.29, 1.82) is 0 Å². The average Bonchev–Trinajstić information content (AvgIpc) is 2.89. The molecule has 174 valence electrons. The maximum Gasteiger partial charge on any atom is 0.0780 e. The van der Waals surface area contributed by atoms with Crippen LogP contribution in [0.15, 0.2) is 66.9 Å². The summed E-state index contributed by atoms with van der Waals surface area (Å²) < 4.78 is 0. The van der Waals surface area contributed by atoms with E-state index in [1.54, 1.807) is 0 Å². The van der Waals surface area contributed by atoms with Crippen LogP contribution in [0.1, 0.15) is 75.3 Å². The lowest BCUT2D eigenvalue weighted by Gasteiger charge is -2.24. The molecule has 1 heteroatoms. The molecule has 1 heterocycles. The molecule has 2 aliphatic carbocycles. The van der Waals surface area contributed by atoms with Crippen LogP contribution < -0.4 is 0 Å². The summed E-state index contributed by atoms with van der Waals surface area (Å²) in [6.07, 6.45) is 18.6. The van der Waals surface area contributed by atoms with Crippen molar-refractivity contribution in [3.05, 3.63) is 78.0 Å². The SMILES string of the molecule is c1ccc2c(c1)ccc1c(-c3cc(CC4CCCCC4)cc(CC4CCCCC4)c3)nccc12. The van der Waals surface area contributed by atoms with E-state index in [0.29, 0.717) is 0 Å². The summed E-state index contributed by atoms with van der Waals surface area (Å²) in [6, 6.07) is 23.0. The minimum atomic E-state index is 0.857. The van der Waals surface area contributed by atoms with Gasteiger partial charge >= 0.3 is 0 Å². The molecule has 4 aromatic rings. The van der Waals surface area contributed by atoms with Gasteiger partial charge in [-0.3, -0.25) is 4.98 Å². The van der Waals surface area contributed by atoms with Gasteiger partial charge in [-0.15, -0.1) is 0 Å². The zero-order valence-electron chi connectivity index (χ0n) is 20.4. The van der Waals surface area contributed by atoms with E-state index in [2.05, 4.69) is 60.7 Å². The predicted octanol–water partition coefficient (Wildman–Crippen LogP) is 9.30. The van der Waals surface area contributed by atoms with Crippen LogP contribution in [0, 0.1) is 11.8 Å². The zero-order chi connectivity index (χ0) is 22.7. The lowest BCUT2D eigenvalue weighted by atomic mass is 9.82. The number of hydrogen-bond donors (Lipinski definition) is 0. The molecule has 3 aromatic carbocycles. The number of hydrogen-bond acceptors (Lipinski definition) is 1. The van der Waals surface area contributed by atoms with Crippen molar-refractivity contribution >= 4 is 21.5 Å². The number of aromatic nitrogens is 1. The fraction of sp³-hybridized carbons (Fsp3) is 0.424. The Morgan fingerprint density at radius 2 is 1.24 bits per heavy atom. The number of pyridine rings is 1. The second kappa shape index (κ2) is 9.90. The molecule has 1 nitrogen and oxygen atoms in total. The first kappa shape index (κ1) is 21.8. The highest BCUT2D eigenvalue weighted by molar-refractivity contribution is 6.11. The molecule has 0 atom stereocenters. The van der Waals surface area contributed by atoms with Gasteiger partial charge in [-0.25, -0.2) is 0 Å². The van der Waals surface area contributed by atoms with Gasteiger partial charge in [-0.2, -0.15) is 0 Å². The number of nitrogens with zero attached hydrogens (tertiary/aromatic N) is 1. The monoisotopic (exact) mass is 447 g/mol. The van der Waals surface area contributed by atoms with Crippen LogP contribution in [0.5, 0.6) is 0 Å². The lowest BCUT2D eigenvalue weighted by molar-refractivity contribution is 0.354. The molecule has 0 saturated heterocycles. The molecule has 2 aliphatic rings. The van der Waals surface area contributed by atoms with Crippen molar-refractivity contribution in [2.45, 2.75) is 77.0 Å². The molecule has 0 amide bonds. The predicted molar refractivity (Wildman–Crippen MR) is 145 cm³/mol. The highest BCUT2D eigenvalue weighted by atomic mass is 14.7. The van der Waals surface area contributed by atoms with Crippen LogP contribution in [0.25, 0.3) is 32.8 Å². The van der Waals surface area contributed by atoms with Crippen molar-refractivity contribution < 1.29 is 0 Å². The Morgan fingerprint density at radius 3 is 1.91 bits per heavy atom. The van der Waals surface area contributed by atoms with E-state index in [4.69, 9.17) is 4.98 Å². The van der Waals surface area contributed by atoms with Crippen molar-refractivity contribution in [2.75, 3.05) is 0 Å². The lowest BCUT2D eigenvalue weighted by Crippen LogP contribution is -2.11. The summed E-state index contributed by atoms with van der Waals surface area (Å²) in [4.78, 5) is 4.96. The molecule has 6 rings (SSSR count). The molecule has 34 heavy (non-hydrogen) atoms. The molecule has 0 bridgehead atoms. The largest absolute Gasteiger partial charge is 0.256 e. The topological polar surface area (TPSA) is 12.9 Å². The first-order chi connectivity index (χ1) is 16.8. The Hall–Kier alpha value is -2.67. The molecule has 0 radical (unpaired) electrons. The van der Waals surface area contributed by atoms with Crippen molar-refractivity contribution in [3.8, 4) is 11.3 Å². The van der Waals surface area contributed by atoms with Crippen molar-refractivity contribution in [1.82, 2.24) is 4.98 Å². The Labute approximate surface area is 204 Å². The summed E-state index contributed by atoms with van der Waals surface area (Å²) in [5, 5.41) is 5.22. The van der Waals surface area contributed by atoms with Gasteiger partial charge in [0.25, 0.3) is 0 Å². The Balaban J connectivity index is 1.42. The molecule has 0 aliphatic heterocycles. The molecular formula is C33H37N. The van der Waals surface area contributed by atoms with Gasteiger partial charge in [0.2, 0.25) is 0 Å². The molecular weight excluding hydrogens is 410 g/mol. The Bertz CT molecular complexity index is 1240. The van der Waals surface area contributed by atoms with Crippen molar-refractivity contribution in [2.24, 2.45) is 11.8 Å². The molecule has 0 spiro atoms. The third-order valence-electron chi connectivity index (χ3n) is 8.49. The van der Waals surface area contributed by atoms with Gasteiger partial charge in [0.1, 0.15) is 0 Å². The maximum absolute atomic E-state index is 4.96. The van der Waals surface area contributed by atoms with E-state index in [1.807, 2.05) is 6.20 Å². The Kier molecular flexibility index (Phi) is 6.36. The normalized spacial score (nSPS) is 18.0. The molecule has 0 N–H and O–H groups in total. The van der Waals surface area contributed by atoms with Crippen LogP contribution in [0.4, 0.5) is 0 Å². The highest BCUT2D eigenvalue weighted by Crippen LogP contribution is 2.35. The van der Waals surface area contributed by atoms with Gasteiger partial charge in [-0.1, -0.05) is 107 Å². The maximum atomic E-state index is 4.96. The summed E-state index contributed by atoms with van der Waals surface area (Å²) in [7, 11) is 0. The first-order valence-electron chi connectivity index (χ1n) is 13.7. The molecule has 2 fully saturated rings. The number of fused-ring (bicyclic) bond motifs is 3. The standard InChI is InChI=1S/C33H37N/c1-3-9-24(10-4-1)19-26-21-27(20-25-11-5-2-6-12-25)23-29(22-26)33-32-16-15-28-13-7-8-14-30(28)31(32)17-18-34-33/h7-8,13-18,21-25H,1-6,9-12,19-20H2. The molecule has 1 aromatic heterocycles. The zero-order valence-corrected chi connectivity index (χ0v) is 20.4. The average molecular weight is 448 g/mol. The second-order valence-electron chi connectivity index (χ2n) is 11.0. The van der Waals surface area contributed by atoms with Gasteiger partial charge in [0.05, 0.1) is 5.69 Å². The minimum Gasteiger partial charge on any atom is -0.256 e. The summed E-state index contributed by atoms with van der Waals surface area (Å²) in [5.41, 5.74) is 5.54. The summed E-state index contributed by atoms with van der Waals surface area (Å²) >= 11 is 0.